The Labute approximate surface area is 195 Å². The lowest BCUT2D eigenvalue weighted by molar-refractivity contribution is 0.302. The average molecular weight is 474 g/mol. The molecule has 3 rings (SSSR count). The van der Waals surface area contributed by atoms with Gasteiger partial charge in [0, 0.05) is 18.5 Å². The van der Waals surface area contributed by atoms with E-state index < -0.39 is 10.0 Å². The maximum Gasteiger partial charge on any atom is 0.243 e. The Bertz CT molecular complexity index is 1140. The van der Waals surface area contributed by atoms with Crippen LogP contribution in [0.1, 0.15) is 27.4 Å². The van der Waals surface area contributed by atoms with Crippen molar-refractivity contribution in [2.75, 3.05) is 27.2 Å². The van der Waals surface area contributed by atoms with Gasteiger partial charge in [-0.2, -0.15) is 4.31 Å². The Kier molecular flexibility index (Phi) is 8.05. The van der Waals surface area contributed by atoms with Gasteiger partial charge in [-0.05, 0) is 64.2 Å². The number of ether oxygens (including phenoxy) is 1. The van der Waals surface area contributed by atoms with E-state index in [4.69, 9.17) is 4.74 Å². The summed E-state index contributed by atoms with van der Waals surface area (Å²) >= 11 is 1.49. The summed E-state index contributed by atoms with van der Waals surface area (Å²) in [5.41, 5.74) is 4.05. The molecule has 2 aromatic carbocycles. The van der Waals surface area contributed by atoms with Gasteiger partial charge in [0.15, 0.2) is 0 Å². The first-order chi connectivity index (χ1) is 15.2. The van der Waals surface area contributed by atoms with E-state index in [0.717, 1.165) is 27.6 Å². The molecule has 8 heteroatoms. The zero-order valence-corrected chi connectivity index (χ0v) is 21.0. The molecule has 1 heterocycles. The van der Waals surface area contributed by atoms with E-state index in [1.807, 2.05) is 62.5 Å². The molecule has 0 aliphatic heterocycles. The number of rotatable bonds is 10. The summed E-state index contributed by atoms with van der Waals surface area (Å²) < 4.78 is 34.1. The van der Waals surface area contributed by atoms with Gasteiger partial charge in [0.05, 0.1) is 17.1 Å². The minimum atomic E-state index is -3.63. The third kappa shape index (κ3) is 6.16. The van der Waals surface area contributed by atoms with Crippen molar-refractivity contribution in [1.82, 2.24) is 14.2 Å². The van der Waals surface area contributed by atoms with E-state index in [-0.39, 0.29) is 6.54 Å². The van der Waals surface area contributed by atoms with Crippen molar-refractivity contribution in [1.29, 1.82) is 0 Å². The summed E-state index contributed by atoms with van der Waals surface area (Å²) in [4.78, 5) is 6.92. The largest absolute Gasteiger partial charge is 0.486 e. The van der Waals surface area contributed by atoms with Gasteiger partial charge in [-0.3, -0.25) is 0 Å². The number of hydrogen-bond acceptors (Lipinski definition) is 6. The maximum absolute atomic E-state index is 13.3. The van der Waals surface area contributed by atoms with Crippen molar-refractivity contribution in [3.8, 4) is 5.75 Å². The minimum absolute atomic E-state index is 0.226. The van der Waals surface area contributed by atoms with Gasteiger partial charge in [-0.25, -0.2) is 13.4 Å². The minimum Gasteiger partial charge on any atom is -0.486 e. The molecule has 0 spiro atoms. The van der Waals surface area contributed by atoms with Crippen LogP contribution in [0.5, 0.6) is 5.75 Å². The van der Waals surface area contributed by atoms with Crippen LogP contribution in [0.15, 0.2) is 52.7 Å². The fourth-order valence-corrected chi connectivity index (χ4v) is 5.24. The van der Waals surface area contributed by atoms with Crippen LogP contribution in [0.2, 0.25) is 0 Å². The standard InChI is InChI=1S/C24H31N3O3S2/c1-18-9-11-22(12-10-18)32(28,29)27(14-13-26(4)5)15-21-17-31-24(25-21)16-30-23-8-6-7-19(2)20(23)3/h6-12,17H,13-16H2,1-5H3. The Morgan fingerprint density at radius 1 is 1.00 bits per heavy atom. The van der Waals surface area contributed by atoms with E-state index in [1.165, 1.54) is 21.2 Å². The molecule has 0 atom stereocenters. The highest BCUT2D eigenvalue weighted by atomic mass is 32.2. The van der Waals surface area contributed by atoms with Gasteiger partial charge >= 0.3 is 0 Å². The molecule has 0 bridgehead atoms. The molecule has 6 nitrogen and oxygen atoms in total. The molecule has 0 aliphatic carbocycles. The molecule has 0 saturated heterocycles. The summed E-state index contributed by atoms with van der Waals surface area (Å²) in [6, 6.07) is 13.0. The number of sulfonamides is 1. The van der Waals surface area contributed by atoms with E-state index in [9.17, 15) is 8.42 Å². The average Bonchev–Trinajstić information content (AvgIpc) is 3.19. The zero-order valence-electron chi connectivity index (χ0n) is 19.3. The second-order valence-corrected chi connectivity index (χ2v) is 11.1. The van der Waals surface area contributed by atoms with Crippen molar-refractivity contribution in [3.05, 3.63) is 75.2 Å². The Morgan fingerprint density at radius 2 is 1.72 bits per heavy atom. The van der Waals surface area contributed by atoms with E-state index in [2.05, 4.69) is 18.0 Å². The molecule has 0 N–H and O–H groups in total. The zero-order chi connectivity index (χ0) is 23.3. The molecular formula is C24H31N3O3S2. The van der Waals surface area contributed by atoms with Crippen molar-refractivity contribution >= 4 is 21.4 Å². The number of aryl methyl sites for hydroxylation is 2. The summed E-state index contributed by atoms with van der Waals surface area (Å²) in [6.45, 7) is 7.63. The van der Waals surface area contributed by atoms with Gasteiger partial charge in [-0.1, -0.05) is 29.8 Å². The Morgan fingerprint density at radius 3 is 2.41 bits per heavy atom. The van der Waals surface area contributed by atoms with E-state index in [1.54, 1.807) is 12.1 Å². The number of aromatic nitrogens is 1. The van der Waals surface area contributed by atoms with Gasteiger partial charge in [-0.15, -0.1) is 11.3 Å². The quantitative estimate of drug-likeness (QED) is 0.437. The number of hydrogen-bond donors (Lipinski definition) is 0. The summed E-state index contributed by atoms with van der Waals surface area (Å²) in [6.07, 6.45) is 0. The lowest BCUT2D eigenvalue weighted by atomic mass is 10.1. The van der Waals surface area contributed by atoms with Crippen LogP contribution in [0.25, 0.3) is 0 Å². The molecular weight excluding hydrogens is 442 g/mol. The smallest absolute Gasteiger partial charge is 0.243 e. The molecule has 0 unspecified atom stereocenters. The highest BCUT2D eigenvalue weighted by molar-refractivity contribution is 7.89. The lowest BCUT2D eigenvalue weighted by Crippen LogP contribution is -2.36. The first kappa shape index (κ1) is 24.4. The first-order valence-corrected chi connectivity index (χ1v) is 12.8. The van der Waals surface area contributed by atoms with Crippen LogP contribution in [0.4, 0.5) is 0 Å². The molecule has 0 aliphatic rings. The van der Waals surface area contributed by atoms with Crippen LogP contribution in [0.3, 0.4) is 0 Å². The van der Waals surface area contributed by atoms with Crippen LogP contribution in [0, 0.1) is 20.8 Å². The third-order valence-corrected chi connectivity index (χ3v) is 8.03. The lowest BCUT2D eigenvalue weighted by Gasteiger charge is -2.23. The SMILES string of the molecule is Cc1ccc(S(=O)(=O)N(CCN(C)C)Cc2csc(COc3cccc(C)c3C)n2)cc1. The van der Waals surface area contributed by atoms with Crippen molar-refractivity contribution in [3.63, 3.8) is 0 Å². The van der Waals surface area contributed by atoms with Gasteiger partial charge in [0.1, 0.15) is 17.4 Å². The molecule has 1 aromatic heterocycles. The number of nitrogens with zero attached hydrogens (tertiary/aromatic N) is 3. The second-order valence-electron chi connectivity index (χ2n) is 8.17. The van der Waals surface area contributed by atoms with Crippen LogP contribution >= 0.6 is 11.3 Å². The molecule has 0 saturated carbocycles. The molecule has 0 fully saturated rings. The van der Waals surface area contributed by atoms with Crippen molar-refractivity contribution in [2.24, 2.45) is 0 Å². The summed E-state index contributed by atoms with van der Waals surface area (Å²) in [5.74, 6) is 0.844. The molecule has 32 heavy (non-hydrogen) atoms. The molecule has 0 radical (unpaired) electrons. The molecule has 172 valence electrons. The summed E-state index contributed by atoms with van der Waals surface area (Å²) in [7, 11) is 0.238. The van der Waals surface area contributed by atoms with Gasteiger partial charge < -0.3 is 9.64 Å². The fourth-order valence-electron chi connectivity index (χ4n) is 3.14. The predicted octanol–water partition coefficient (Wildman–Crippen LogP) is 4.40. The fraction of sp³-hybridized carbons (Fsp3) is 0.375. The highest BCUT2D eigenvalue weighted by Gasteiger charge is 2.25. The molecule has 0 amide bonds. The van der Waals surface area contributed by atoms with Gasteiger partial charge in [0.2, 0.25) is 10.0 Å². The first-order valence-electron chi connectivity index (χ1n) is 10.5. The number of thiazole rings is 1. The number of likely N-dealkylation sites (N-methyl/N-ethyl adjacent to an activating group) is 1. The predicted molar refractivity (Wildman–Crippen MR) is 130 cm³/mol. The monoisotopic (exact) mass is 473 g/mol. The van der Waals surface area contributed by atoms with E-state index >= 15 is 0 Å². The van der Waals surface area contributed by atoms with Crippen molar-refractivity contribution in [2.45, 2.75) is 38.8 Å². The van der Waals surface area contributed by atoms with Crippen molar-refractivity contribution < 1.29 is 13.2 Å². The second kappa shape index (κ2) is 10.6. The normalized spacial score (nSPS) is 12.0. The topological polar surface area (TPSA) is 62.7 Å². The molecule has 3 aromatic rings. The maximum atomic E-state index is 13.3. The summed E-state index contributed by atoms with van der Waals surface area (Å²) in [5, 5.41) is 2.73. The van der Waals surface area contributed by atoms with Gasteiger partial charge in [0.25, 0.3) is 0 Å². The number of benzene rings is 2. The van der Waals surface area contributed by atoms with E-state index in [0.29, 0.717) is 24.6 Å². The van der Waals surface area contributed by atoms with Crippen LogP contribution in [-0.4, -0.2) is 49.8 Å². The van der Waals surface area contributed by atoms with Crippen LogP contribution in [-0.2, 0) is 23.2 Å². The Hall–Kier alpha value is -2.26. The van der Waals surface area contributed by atoms with Crippen LogP contribution < -0.4 is 4.74 Å². The third-order valence-electron chi connectivity index (χ3n) is 5.30. The Balaban J connectivity index is 1.74. The highest BCUT2D eigenvalue weighted by Crippen LogP contribution is 2.24.